The highest BCUT2D eigenvalue weighted by molar-refractivity contribution is 5.71. The second-order valence-electron chi connectivity index (χ2n) is 9.96. The fourth-order valence-electron chi connectivity index (χ4n) is 5.17. The molecule has 0 aliphatic carbocycles. The summed E-state index contributed by atoms with van der Waals surface area (Å²) in [7, 11) is 0. The van der Waals surface area contributed by atoms with Gasteiger partial charge in [-0.2, -0.15) is 4.39 Å². The van der Waals surface area contributed by atoms with E-state index in [0.717, 1.165) is 24.0 Å². The molecule has 1 aromatic heterocycles. The summed E-state index contributed by atoms with van der Waals surface area (Å²) in [5, 5.41) is 0. The largest absolute Gasteiger partial charge is 0.219 e. The van der Waals surface area contributed by atoms with Gasteiger partial charge in [0.15, 0.2) is 0 Å². The molecule has 0 spiro atoms. The van der Waals surface area contributed by atoms with Gasteiger partial charge in [0.2, 0.25) is 5.95 Å². The SMILES string of the molecule is CCCCCCCCCc1ccc(-c2ccc(-c3ccccc3C(CCC)CCC)cc2)nc1F. The van der Waals surface area contributed by atoms with Crippen molar-refractivity contribution in [2.24, 2.45) is 0 Å². The highest BCUT2D eigenvalue weighted by Gasteiger charge is 2.15. The quantitative estimate of drug-likeness (QED) is 0.158. The summed E-state index contributed by atoms with van der Waals surface area (Å²) in [6, 6.07) is 21.2. The van der Waals surface area contributed by atoms with Gasteiger partial charge in [0.1, 0.15) is 0 Å². The molecule has 0 saturated carbocycles. The van der Waals surface area contributed by atoms with Crippen molar-refractivity contribution in [2.75, 3.05) is 0 Å². The lowest BCUT2D eigenvalue weighted by atomic mass is 9.85. The number of rotatable bonds is 15. The van der Waals surface area contributed by atoms with E-state index in [9.17, 15) is 4.39 Å². The lowest BCUT2D eigenvalue weighted by Gasteiger charge is -2.20. The average molecular weight is 474 g/mol. The van der Waals surface area contributed by atoms with E-state index >= 15 is 0 Å². The van der Waals surface area contributed by atoms with Crippen molar-refractivity contribution < 1.29 is 4.39 Å². The van der Waals surface area contributed by atoms with Gasteiger partial charge in [-0.3, -0.25) is 0 Å². The topological polar surface area (TPSA) is 12.9 Å². The molecule has 0 saturated heterocycles. The molecule has 3 aromatic rings. The van der Waals surface area contributed by atoms with E-state index in [4.69, 9.17) is 0 Å². The van der Waals surface area contributed by atoms with Gasteiger partial charge in [-0.1, -0.05) is 127 Å². The van der Waals surface area contributed by atoms with Crippen molar-refractivity contribution in [3.05, 3.63) is 77.7 Å². The Hall–Kier alpha value is -2.48. The first-order chi connectivity index (χ1) is 17.2. The predicted molar refractivity (Wildman–Crippen MR) is 149 cm³/mol. The fraction of sp³-hybridized carbons (Fsp3) is 0.485. The molecule has 2 aromatic carbocycles. The van der Waals surface area contributed by atoms with Crippen LogP contribution in [0.4, 0.5) is 4.39 Å². The van der Waals surface area contributed by atoms with Gasteiger partial charge in [-0.25, -0.2) is 4.98 Å². The Morgan fingerprint density at radius 3 is 1.94 bits per heavy atom. The molecule has 2 heteroatoms. The van der Waals surface area contributed by atoms with Crippen LogP contribution in [0, 0.1) is 5.95 Å². The van der Waals surface area contributed by atoms with E-state index in [1.165, 1.54) is 80.9 Å². The molecule has 1 heterocycles. The zero-order chi connectivity index (χ0) is 24.9. The molecule has 0 aliphatic heterocycles. The predicted octanol–water partition coefficient (Wildman–Crippen LogP) is 10.5. The summed E-state index contributed by atoms with van der Waals surface area (Å²) in [6.45, 7) is 6.78. The van der Waals surface area contributed by atoms with Gasteiger partial charge in [-0.15, -0.1) is 0 Å². The van der Waals surface area contributed by atoms with Gasteiger partial charge < -0.3 is 0 Å². The van der Waals surface area contributed by atoms with Crippen molar-refractivity contribution in [2.45, 2.75) is 104 Å². The summed E-state index contributed by atoms with van der Waals surface area (Å²) >= 11 is 0. The van der Waals surface area contributed by atoms with Gasteiger partial charge in [0.05, 0.1) is 5.69 Å². The van der Waals surface area contributed by atoms with Crippen LogP contribution in [0.3, 0.4) is 0 Å². The number of aryl methyl sites for hydroxylation is 1. The monoisotopic (exact) mass is 473 g/mol. The van der Waals surface area contributed by atoms with Crippen LogP contribution in [-0.4, -0.2) is 4.98 Å². The number of halogens is 1. The summed E-state index contributed by atoms with van der Waals surface area (Å²) in [5.74, 6) is 0.283. The number of hydrogen-bond donors (Lipinski definition) is 0. The Morgan fingerprint density at radius 2 is 1.29 bits per heavy atom. The molecular weight excluding hydrogens is 429 g/mol. The molecule has 188 valence electrons. The first-order valence-corrected chi connectivity index (χ1v) is 14.0. The van der Waals surface area contributed by atoms with Crippen LogP contribution in [0.25, 0.3) is 22.4 Å². The van der Waals surface area contributed by atoms with Crippen molar-refractivity contribution in [1.29, 1.82) is 0 Å². The lowest BCUT2D eigenvalue weighted by molar-refractivity contribution is 0.551. The van der Waals surface area contributed by atoms with Gasteiger partial charge in [-0.05, 0) is 54.4 Å². The van der Waals surface area contributed by atoms with Crippen LogP contribution in [0.15, 0.2) is 60.7 Å². The molecule has 1 nitrogen and oxygen atoms in total. The Bertz CT molecular complexity index is 1000. The highest BCUT2D eigenvalue weighted by Crippen LogP contribution is 2.35. The molecule has 3 rings (SSSR count). The van der Waals surface area contributed by atoms with Crippen molar-refractivity contribution in [3.8, 4) is 22.4 Å². The lowest BCUT2D eigenvalue weighted by Crippen LogP contribution is -2.01. The number of hydrogen-bond acceptors (Lipinski definition) is 1. The van der Waals surface area contributed by atoms with Crippen molar-refractivity contribution >= 4 is 0 Å². The van der Waals surface area contributed by atoms with E-state index in [0.29, 0.717) is 11.6 Å². The molecule has 0 N–H and O–H groups in total. The first kappa shape index (κ1) is 27.1. The second-order valence-corrected chi connectivity index (χ2v) is 9.96. The number of nitrogens with zero attached hydrogens (tertiary/aromatic N) is 1. The Labute approximate surface area is 213 Å². The van der Waals surface area contributed by atoms with Crippen LogP contribution >= 0.6 is 0 Å². The average Bonchev–Trinajstić information content (AvgIpc) is 2.89. The van der Waals surface area contributed by atoms with Crippen LogP contribution in [0.2, 0.25) is 0 Å². The number of aromatic nitrogens is 1. The zero-order valence-corrected chi connectivity index (χ0v) is 22.2. The molecule has 35 heavy (non-hydrogen) atoms. The van der Waals surface area contributed by atoms with Crippen LogP contribution in [0.1, 0.15) is 108 Å². The molecule has 0 radical (unpaired) electrons. The Balaban J connectivity index is 1.67. The molecule has 0 bridgehead atoms. The Morgan fingerprint density at radius 1 is 0.657 bits per heavy atom. The molecule has 0 aliphatic rings. The molecular formula is C33H44FN. The third-order valence-corrected chi connectivity index (χ3v) is 7.14. The van der Waals surface area contributed by atoms with Gasteiger partial charge >= 0.3 is 0 Å². The van der Waals surface area contributed by atoms with Crippen molar-refractivity contribution in [1.82, 2.24) is 4.98 Å². The van der Waals surface area contributed by atoms with E-state index in [1.807, 2.05) is 12.1 Å². The molecule has 0 atom stereocenters. The summed E-state index contributed by atoms with van der Waals surface area (Å²) < 4.78 is 14.7. The number of unbranched alkanes of at least 4 members (excludes halogenated alkanes) is 6. The van der Waals surface area contributed by atoms with Gasteiger partial charge in [0.25, 0.3) is 0 Å². The van der Waals surface area contributed by atoms with Crippen LogP contribution in [0.5, 0.6) is 0 Å². The highest BCUT2D eigenvalue weighted by atomic mass is 19.1. The maximum absolute atomic E-state index is 14.7. The maximum atomic E-state index is 14.7. The first-order valence-electron chi connectivity index (χ1n) is 14.0. The minimum absolute atomic E-state index is 0.315. The fourth-order valence-corrected chi connectivity index (χ4v) is 5.17. The van der Waals surface area contributed by atoms with Gasteiger partial charge in [0, 0.05) is 11.1 Å². The van der Waals surface area contributed by atoms with E-state index in [2.05, 4.69) is 74.3 Å². The third-order valence-electron chi connectivity index (χ3n) is 7.14. The second kappa shape index (κ2) is 14.8. The van der Waals surface area contributed by atoms with E-state index in [-0.39, 0.29) is 5.95 Å². The van der Waals surface area contributed by atoms with Crippen molar-refractivity contribution in [3.63, 3.8) is 0 Å². The molecule has 0 fully saturated rings. The number of pyridine rings is 1. The maximum Gasteiger partial charge on any atom is 0.216 e. The van der Waals surface area contributed by atoms with E-state index in [1.54, 1.807) is 0 Å². The third kappa shape index (κ3) is 8.02. The summed E-state index contributed by atoms with van der Waals surface area (Å²) in [5.41, 5.74) is 6.40. The van der Waals surface area contributed by atoms with Crippen LogP contribution in [-0.2, 0) is 6.42 Å². The summed E-state index contributed by atoms with van der Waals surface area (Å²) in [6.07, 6.45) is 14.3. The number of benzene rings is 2. The smallest absolute Gasteiger partial charge is 0.216 e. The zero-order valence-electron chi connectivity index (χ0n) is 22.2. The van der Waals surface area contributed by atoms with E-state index < -0.39 is 0 Å². The minimum atomic E-state index is -0.315. The summed E-state index contributed by atoms with van der Waals surface area (Å²) in [4.78, 5) is 4.31. The Kier molecular flexibility index (Phi) is 11.5. The molecule has 0 unspecified atom stereocenters. The molecule has 0 amide bonds. The van der Waals surface area contributed by atoms with Crippen LogP contribution < -0.4 is 0 Å². The minimum Gasteiger partial charge on any atom is -0.219 e. The normalized spacial score (nSPS) is 11.3. The standard InChI is InChI=1S/C33H44FN/c1-4-7-8-9-10-11-12-17-29-24-25-32(35-33(29)34)28-22-20-27(21-23-28)31-19-14-13-18-30(31)26(15-5-2)16-6-3/h13-14,18-26H,4-12,15-17H2,1-3H3.